The third-order valence-electron chi connectivity index (χ3n) is 2.41. The molecular formula is C13H8ClFN2O3. The molecule has 0 bridgehead atoms. The van der Waals surface area contributed by atoms with Crippen LogP contribution in [0.1, 0.15) is 20.8 Å². The number of carbonyl (C=O) groups excluding carboxylic acids is 1. The van der Waals surface area contributed by atoms with Crippen LogP contribution < -0.4 is 5.32 Å². The van der Waals surface area contributed by atoms with Gasteiger partial charge < -0.3 is 10.4 Å². The van der Waals surface area contributed by atoms with Gasteiger partial charge in [-0.05, 0) is 30.3 Å². The number of anilines is 1. The fraction of sp³-hybridized carbons (Fsp3) is 0. The number of carbonyl (C=O) groups is 2. The van der Waals surface area contributed by atoms with Gasteiger partial charge in [0.2, 0.25) is 0 Å². The standard InChI is InChI=1S/C13H8ClFN2O3/c14-11-3-1-2-10(17-11)12(18)16-7-4-5-8(13(19)20)9(15)6-7/h1-6H,(H,16,18)(H,19,20). The molecule has 2 aromatic rings. The van der Waals surface area contributed by atoms with Crippen molar-refractivity contribution in [3.63, 3.8) is 0 Å². The lowest BCUT2D eigenvalue weighted by Gasteiger charge is -2.06. The summed E-state index contributed by atoms with van der Waals surface area (Å²) in [6.07, 6.45) is 0. The van der Waals surface area contributed by atoms with Crippen molar-refractivity contribution in [2.45, 2.75) is 0 Å². The predicted molar refractivity (Wildman–Crippen MR) is 70.6 cm³/mol. The number of carboxylic acid groups (broad SMARTS) is 1. The quantitative estimate of drug-likeness (QED) is 0.853. The van der Waals surface area contributed by atoms with Gasteiger partial charge in [0.05, 0.1) is 5.56 Å². The first-order valence-corrected chi connectivity index (χ1v) is 5.82. The van der Waals surface area contributed by atoms with Crippen molar-refractivity contribution in [2.24, 2.45) is 0 Å². The summed E-state index contributed by atoms with van der Waals surface area (Å²) in [7, 11) is 0. The first-order chi connectivity index (χ1) is 9.47. The highest BCUT2D eigenvalue weighted by molar-refractivity contribution is 6.29. The minimum Gasteiger partial charge on any atom is -0.478 e. The lowest BCUT2D eigenvalue weighted by molar-refractivity contribution is 0.0692. The van der Waals surface area contributed by atoms with Gasteiger partial charge in [-0.25, -0.2) is 14.2 Å². The molecule has 2 rings (SSSR count). The van der Waals surface area contributed by atoms with Crippen molar-refractivity contribution in [1.82, 2.24) is 4.98 Å². The maximum atomic E-state index is 13.4. The topological polar surface area (TPSA) is 79.3 Å². The maximum absolute atomic E-state index is 13.4. The fourth-order valence-corrected chi connectivity index (χ4v) is 1.66. The monoisotopic (exact) mass is 294 g/mol. The van der Waals surface area contributed by atoms with E-state index in [2.05, 4.69) is 10.3 Å². The number of benzene rings is 1. The zero-order valence-electron chi connectivity index (χ0n) is 9.93. The van der Waals surface area contributed by atoms with Crippen molar-refractivity contribution in [2.75, 3.05) is 5.32 Å². The van der Waals surface area contributed by atoms with Crippen LogP contribution in [0.15, 0.2) is 36.4 Å². The Kier molecular flexibility index (Phi) is 3.95. The molecule has 0 spiro atoms. The second kappa shape index (κ2) is 5.66. The van der Waals surface area contributed by atoms with E-state index in [9.17, 15) is 14.0 Å². The van der Waals surface area contributed by atoms with Crippen molar-refractivity contribution in [3.8, 4) is 0 Å². The number of halogens is 2. The molecule has 102 valence electrons. The van der Waals surface area contributed by atoms with Crippen LogP contribution in [-0.4, -0.2) is 22.0 Å². The van der Waals surface area contributed by atoms with Crippen LogP contribution in [0.2, 0.25) is 5.15 Å². The van der Waals surface area contributed by atoms with Crippen LogP contribution in [0.5, 0.6) is 0 Å². The molecule has 0 fully saturated rings. The molecule has 0 saturated heterocycles. The number of aromatic carboxylic acids is 1. The summed E-state index contributed by atoms with van der Waals surface area (Å²) in [6.45, 7) is 0. The summed E-state index contributed by atoms with van der Waals surface area (Å²) in [5.41, 5.74) is -0.275. The molecule has 1 aromatic heterocycles. The van der Waals surface area contributed by atoms with Crippen LogP contribution >= 0.6 is 11.6 Å². The molecule has 2 N–H and O–H groups in total. The summed E-state index contributed by atoms with van der Waals surface area (Å²) in [5, 5.41) is 11.3. The average Bonchev–Trinajstić information content (AvgIpc) is 2.38. The SMILES string of the molecule is O=C(Nc1ccc(C(=O)O)c(F)c1)c1cccc(Cl)n1. The van der Waals surface area contributed by atoms with E-state index in [0.29, 0.717) is 0 Å². The Labute approximate surface area is 118 Å². The zero-order valence-corrected chi connectivity index (χ0v) is 10.7. The second-order valence-electron chi connectivity index (χ2n) is 3.80. The van der Waals surface area contributed by atoms with E-state index in [1.165, 1.54) is 18.2 Å². The summed E-state index contributed by atoms with van der Waals surface area (Å²) >= 11 is 5.66. The molecule has 0 unspecified atom stereocenters. The Hall–Kier alpha value is -2.47. The second-order valence-corrected chi connectivity index (χ2v) is 4.19. The smallest absolute Gasteiger partial charge is 0.338 e. The van der Waals surface area contributed by atoms with E-state index in [4.69, 9.17) is 16.7 Å². The molecule has 1 heterocycles. The third kappa shape index (κ3) is 3.10. The first kappa shape index (κ1) is 14.0. The van der Waals surface area contributed by atoms with Crippen molar-refractivity contribution < 1.29 is 19.1 Å². The van der Waals surface area contributed by atoms with Gasteiger partial charge in [-0.2, -0.15) is 0 Å². The normalized spacial score (nSPS) is 10.1. The van der Waals surface area contributed by atoms with Gasteiger partial charge in [0.25, 0.3) is 5.91 Å². The molecule has 0 aliphatic carbocycles. The summed E-state index contributed by atoms with van der Waals surface area (Å²) in [5.74, 6) is -2.89. The summed E-state index contributed by atoms with van der Waals surface area (Å²) < 4.78 is 13.4. The lowest BCUT2D eigenvalue weighted by atomic mass is 10.2. The Morgan fingerprint density at radius 2 is 2.00 bits per heavy atom. The number of nitrogens with zero attached hydrogens (tertiary/aromatic N) is 1. The minimum atomic E-state index is -1.38. The fourth-order valence-electron chi connectivity index (χ4n) is 1.50. The molecule has 7 heteroatoms. The number of carboxylic acids is 1. The first-order valence-electron chi connectivity index (χ1n) is 5.44. The van der Waals surface area contributed by atoms with Gasteiger partial charge in [0.15, 0.2) is 0 Å². The van der Waals surface area contributed by atoms with Crippen LogP contribution in [0, 0.1) is 5.82 Å². The molecule has 0 aliphatic heterocycles. The molecule has 20 heavy (non-hydrogen) atoms. The Morgan fingerprint density at radius 1 is 1.25 bits per heavy atom. The zero-order chi connectivity index (χ0) is 14.7. The highest BCUT2D eigenvalue weighted by Crippen LogP contribution is 2.15. The van der Waals surface area contributed by atoms with Crippen molar-refractivity contribution in [3.05, 3.63) is 58.6 Å². The van der Waals surface area contributed by atoms with E-state index < -0.39 is 23.3 Å². The number of aromatic nitrogens is 1. The number of hydrogen-bond acceptors (Lipinski definition) is 3. The maximum Gasteiger partial charge on any atom is 0.338 e. The predicted octanol–water partition coefficient (Wildman–Crippen LogP) is 2.82. The number of nitrogens with one attached hydrogen (secondary N) is 1. The highest BCUT2D eigenvalue weighted by Gasteiger charge is 2.13. The molecule has 5 nitrogen and oxygen atoms in total. The minimum absolute atomic E-state index is 0.0696. The number of amides is 1. The van der Waals surface area contributed by atoms with E-state index in [0.717, 1.165) is 12.1 Å². The Balaban J connectivity index is 2.20. The van der Waals surface area contributed by atoms with Crippen LogP contribution in [0.4, 0.5) is 10.1 Å². The van der Waals surface area contributed by atoms with E-state index in [1.807, 2.05) is 0 Å². The number of rotatable bonds is 3. The van der Waals surface area contributed by atoms with Gasteiger partial charge in [-0.3, -0.25) is 4.79 Å². The molecule has 0 atom stereocenters. The van der Waals surface area contributed by atoms with Crippen LogP contribution in [-0.2, 0) is 0 Å². The number of pyridine rings is 1. The van der Waals surface area contributed by atoms with Crippen molar-refractivity contribution in [1.29, 1.82) is 0 Å². The van der Waals surface area contributed by atoms with Crippen LogP contribution in [0.3, 0.4) is 0 Å². The van der Waals surface area contributed by atoms with E-state index >= 15 is 0 Å². The average molecular weight is 295 g/mol. The Bertz CT molecular complexity index is 691. The molecule has 1 aromatic carbocycles. The molecule has 0 radical (unpaired) electrons. The van der Waals surface area contributed by atoms with E-state index in [-0.39, 0.29) is 16.5 Å². The van der Waals surface area contributed by atoms with Gasteiger partial charge >= 0.3 is 5.97 Å². The van der Waals surface area contributed by atoms with Gasteiger partial charge in [-0.15, -0.1) is 0 Å². The van der Waals surface area contributed by atoms with E-state index in [1.54, 1.807) is 6.07 Å². The van der Waals surface area contributed by atoms with Crippen molar-refractivity contribution >= 4 is 29.2 Å². The highest BCUT2D eigenvalue weighted by atomic mass is 35.5. The van der Waals surface area contributed by atoms with Gasteiger partial charge in [0.1, 0.15) is 16.7 Å². The lowest BCUT2D eigenvalue weighted by Crippen LogP contribution is -2.14. The van der Waals surface area contributed by atoms with Gasteiger partial charge in [0, 0.05) is 5.69 Å². The summed E-state index contributed by atoms with van der Waals surface area (Å²) in [4.78, 5) is 26.3. The Morgan fingerprint density at radius 3 is 2.60 bits per heavy atom. The molecule has 0 saturated carbocycles. The summed E-state index contributed by atoms with van der Waals surface area (Å²) in [6, 6.07) is 7.79. The molecular weight excluding hydrogens is 287 g/mol. The largest absolute Gasteiger partial charge is 0.478 e. The van der Waals surface area contributed by atoms with Gasteiger partial charge in [-0.1, -0.05) is 17.7 Å². The molecule has 1 amide bonds. The third-order valence-corrected chi connectivity index (χ3v) is 2.62. The number of hydrogen-bond donors (Lipinski definition) is 2. The van der Waals surface area contributed by atoms with Crippen LogP contribution in [0.25, 0.3) is 0 Å². The molecule has 0 aliphatic rings.